The van der Waals surface area contributed by atoms with Gasteiger partial charge in [-0.05, 0) is 19.4 Å². The lowest BCUT2D eigenvalue weighted by atomic mass is 10.1. The lowest BCUT2D eigenvalue weighted by molar-refractivity contribution is 0.0934. The summed E-state index contributed by atoms with van der Waals surface area (Å²) in [6.07, 6.45) is 4.32. The SMILES string of the molecule is CCCC(C)NC(=O)c1ccncc1F. The number of rotatable bonds is 4. The highest BCUT2D eigenvalue weighted by atomic mass is 19.1. The first kappa shape index (κ1) is 11.6. The van der Waals surface area contributed by atoms with E-state index < -0.39 is 5.82 Å². The molecule has 0 bridgehead atoms. The molecule has 1 unspecified atom stereocenters. The fraction of sp³-hybridized carbons (Fsp3) is 0.455. The zero-order valence-electron chi connectivity index (χ0n) is 8.96. The second-order valence-electron chi connectivity index (χ2n) is 3.52. The summed E-state index contributed by atoms with van der Waals surface area (Å²) < 4.78 is 13.2. The van der Waals surface area contributed by atoms with Crippen LogP contribution in [-0.2, 0) is 0 Å². The predicted octanol–water partition coefficient (Wildman–Crippen LogP) is 2.14. The molecule has 1 N–H and O–H groups in total. The molecule has 0 saturated heterocycles. The molecule has 0 aliphatic rings. The molecule has 1 amide bonds. The lowest BCUT2D eigenvalue weighted by Crippen LogP contribution is -2.32. The van der Waals surface area contributed by atoms with E-state index in [1.807, 2.05) is 13.8 Å². The molecule has 1 aromatic rings. The highest BCUT2D eigenvalue weighted by Crippen LogP contribution is 2.05. The van der Waals surface area contributed by atoms with Crippen LogP contribution in [0.1, 0.15) is 37.0 Å². The fourth-order valence-electron chi connectivity index (χ4n) is 1.37. The van der Waals surface area contributed by atoms with Crippen LogP contribution in [0.15, 0.2) is 18.5 Å². The van der Waals surface area contributed by atoms with E-state index in [9.17, 15) is 9.18 Å². The van der Waals surface area contributed by atoms with Gasteiger partial charge in [-0.3, -0.25) is 9.78 Å². The summed E-state index contributed by atoms with van der Waals surface area (Å²) in [5.74, 6) is -0.963. The number of carbonyl (C=O) groups is 1. The zero-order chi connectivity index (χ0) is 11.3. The Labute approximate surface area is 88.7 Å². The Kier molecular flexibility index (Phi) is 4.21. The van der Waals surface area contributed by atoms with Gasteiger partial charge in [0, 0.05) is 12.2 Å². The summed E-state index contributed by atoms with van der Waals surface area (Å²) in [5, 5.41) is 2.73. The smallest absolute Gasteiger partial charge is 0.254 e. The maximum Gasteiger partial charge on any atom is 0.254 e. The molecule has 0 spiro atoms. The monoisotopic (exact) mass is 210 g/mol. The first-order valence-corrected chi connectivity index (χ1v) is 5.05. The number of nitrogens with one attached hydrogen (secondary N) is 1. The topological polar surface area (TPSA) is 42.0 Å². The summed E-state index contributed by atoms with van der Waals surface area (Å²) in [6, 6.07) is 1.44. The van der Waals surface area contributed by atoms with Crippen LogP contribution in [0.25, 0.3) is 0 Å². The van der Waals surface area contributed by atoms with Gasteiger partial charge in [0.15, 0.2) is 5.82 Å². The number of aromatic nitrogens is 1. The van der Waals surface area contributed by atoms with Crippen LogP contribution >= 0.6 is 0 Å². The van der Waals surface area contributed by atoms with Crippen LogP contribution in [0.3, 0.4) is 0 Å². The molecule has 0 aliphatic carbocycles. The summed E-state index contributed by atoms with van der Waals surface area (Å²) in [5.41, 5.74) is 0.0490. The predicted molar refractivity (Wildman–Crippen MR) is 56.0 cm³/mol. The van der Waals surface area contributed by atoms with Gasteiger partial charge < -0.3 is 5.32 Å². The van der Waals surface area contributed by atoms with Crippen LogP contribution in [0, 0.1) is 5.82 Å². The molecule has 4 heteroatoms. The summed E-state index contributed by atoms with van der Waals surface area (Å²) in [7, 11) is 0. The number of nitrogens with zero attached hydrogens (tertiary/aromatic N) is 1. The van der Waals surface area contributed by atoms with Crippen molar-refractivity contribution in [2.75, 3.05) is 0 Å². The van der Waals surface area contributed by atoms with Crippen molar-refractivity contribution in [1.29, 1.82) is 0 Å². The average molecular weight is 210 g/mol. The zero-order valence-corrected chi connectivity index (χ0v) is 8.96. The Morgan fingerprint density at radius 3 is 3.00 bits per heavy atom. The second-order valence-corrected chi connectivity index (χ2v) is 3.52. The van der Waals surface area contributed by atoms with Gasteiger partial charge in [-0.15, -0.1) is 0 Å². The molecular formula is C11H15FN2O. The molecule has 1 atom stereocenters. The van der Waals surface area contributed by atoms with Crippen LogP contribution in [-0.4, -0.2) is 16.9 Å². The third-order valence-corrected chi connectivity index (χ3v) is 2.12. The number of halogens is 1. The van der Waals surface area contributed by atoms with Gasteiger partial charge in [0.25, 0.3) is 5.91 Å². The Balaban J connectivity index is 2.65. The van der Waals surface area contributed by atoms with Crippen molar-refractivity contribution in [2.45, 2.75) is 32.7 Å². The molecule has 0 aliphatic heterocycles. The van der Waals surface area contributed by atoms with Crippen molar-refractivity contribution in [1.82, 2.24) is 10.3 Å². The number of hydrogen-bond acceptors (Lipinski definition) is 2. The third-order valence-electron chi connectivity index (χ3n) is 2.12. The van der Waals surface area contributed by atoms with Gasteiger partial charge in [0.1, 0.15) is 0 Å². The van der Waals surface area contributed by atoms with Gasteiger partial charge >= 0.3 is 0 Å². The van der Waals surface area contributed by atoms with Gasteiger partial charge in [-0.2, -0.15) is 0 Å². The molecule has 15 heavy (non-hydrogen) atoms. The first-order valence-electron chi connectivity index (χ1n) is 5.05. The lowest BCUT2D eigenvalue weighted by Gasteiger charge is -2.12. The molecule has 1 aromatic heterocycles. The standard InChI is InChI=1S/C11H15FN2O/c1-3-4-8(2)14-11(15)9-5-6-13-7-10(9)12/h5-8H,3-4H2,1-2H3,(H,14,15). The van der Waals surface area contributed by atoms with E-state index in [4.69, 9.17) is 0 Å². The molecule has 3 nitrogen and oxygen atoms in total. The molecule has 0 radical (unpaired) electrons. The molecular weight excluding hydrogens is 195 g/mol. The maximum absolute atomic E-state index is 13.2. The Morgan fingerprint density at radius 1 is 1.67 bits per heavy atom. The van der Waals surface area contributed by atoms with E-state index in [0.717, 1.165) is 19.0 Å². The highest BCUT2D eigenvalue weighted by Gasteiger charge is 2.12. The van der Waals surface area contributed by atoms with Gasteiger partial charge in [0.05, 0.1) is 11.8 Å². The summed E-state index contributed by atoms with van der Waals surface area (Å²) in [4.78, 5) is 15.2. The van der Waals surface area contributed by atoms with E-state index in [1.54, 1.807) is 0 Å². The van der Waals surface area contributed by atoms with E-state index >= 15 is 0 Å². The summed E-state index contributed by atoms with van der Waals surface area (Å²) >= 11 is 0. The molecule has 1 rings (SSSR count). The van der Waals surface area contributed by atoms with E-state index in [0.29, 0.717) is 0 Å². The van der Waals surface area contributed by atoms with Crippen molar-refractivity contribution in [3.05, 3.63) is 29.8 Å². The molecule has 1 heterocycles. The molecule has 0 fully saturated rings. The van der Waals surface area contributed by atoms with Crippen LogP contribution in [0.2, 0.25) is 0 Å². The van der Waals surface area contributed by atoms with E-state index in [1.165, 1.54) is 12.3 Å². The minimum atomic E-state index is -0.585. The quantitative estimate of drug-likeness (QED) is 0.827. The van der Waals surface area contributed by atoms with E-state index in [-0.39, 0.29) is 17.5 Å². The largest absolute Gasteiger partial charge is 0.349 e. The summed E-state index contributed by atoms with van der Waals surface area (Å²) in [6.45, 7) is 3.94. The average Bonchev–Trinajstić information content (AvgIpc) is 2.18. The van der Waals surface area contributed by atoms with Crippen molar-refractivity contribution in [3.8, 4) is 0 Å². The Hall–Kier alpha value is -1.45. The van der Waals surface area contributed by atoms with Crippen LogP contribution in [0.5, 0.6) is 0 Å². The van der Waals surface area contributed by atoms with Gasteiger partial charge in [-0.1, -0.05) is 13.3 Å². The number of carbonyl (C=O) groups excluding carboxylic acids is 1. The first-order chi connectivity index (χ1) is 7.15. The fourth-order valence-corrected chi connectivity index (χ4v) is 1.37. The van der Waals surface area contributed by atoms with Crippen LogP contribution < -0.4 is 5.32 Å². The van der Waals surface area contributed by atoms with Crippen molar-refractivity contribution < 1.29 is 9.18 Å². The second kappa shape index (κ2) is 5.44. The minimum Gasteiger partial charge on any atom is -0.349 e. The highest BCUT2D eigenvalue weighted by molar-refractivity contribution is 5.94. The number of pyridine rings is 1. The van der Waals surface area contributed by atoms with E-state index in [2.05, 4.69) is 10.3 Å². The Morgan fingerprint density at radius 2 is 2.40 bits per heavy atom. The van der Waals surface area contributed by atoms with Gasteiger partial charge in [0.2, 0.25) is 0 Å². The molecule has 0 aromatic carbocycles. The van der Waals surface area contributed by atoms with Crippen molar-refractivity contribution in [3.63, 3.8) is 0 Å². The molecule has 82 valence electrons. The van der Waals surface area contributed by atoms with Gasteiger partial charge in [-0.25, -0.2) is 4.39 Å². The van der Waals surface area contributed by atoms with Crippen LogP contribution in [0.4, 0.5) is 4.39 Å². The third kappa shape index (κ3) is 3.31. The minimum absolute atomic E-state index is 0.0490. The molecule has 0 saturated carbocycles. The normalized spacial score (nSPS) is 12.2. The van der Waals surface area contributed by atoms with Crippen molar-refractivity contribution in [2.24, 2.45) is 0 Å². The Bertz CT molecular complexity index is 341. The number of hydrogen-bond donors (Lipinski definition) is 1. The number of amides is 1. The van der Waals surface area contributed by atoms with Crippen molar-refractivity contribution >= 4 is 5.91 Å². The maximum atomic E-state index is 13.2.